The van der Waals surface area contributed by atoms with Crippen molar-refractivity contribution in [1.29, 1.82) is 0 Å². The number of aryl methyl sites for hydroxylation is 2. The zero-order valence-corrected chi connectivity index (χ0v) is 29.5. The lowest BCUT2D eigenvalue weighted by atomic mass is 9.77. The molecule has 0 aliphatic carbocycles. The van der Waals surface area contributed by atoms with Gasteiger partial charge < -0.3 is 19.6 Å². The Morgan fingerprint density at radius 1 is 1.04 bits per heavy atom. The quantitative estimate of drug-likeness (QED) is 0.275. The number of carboxylic acids is 1. The van der Waals surface area contributed by atoms with Gasteiger partial charge in [-0.2, -0.15) is 0 Å². The first-order valence-electron chi connectivity index (χ1n) is 16.3. The Kier molecular flexibility index (Phi) is 9.21. The van der Waals surface area contributed by atoms with E-state index in [0.29, 0.717) is 30.2 Å². The Balaban J connectivity index is 1.69. The van der Waals surface area contributed by atoms with Crippen molar-refractivity contribution in [2.75, 3.05) is 29.4 Å². The SMILES string of the molecule is Cc1nc(C)c(C(OC(C)(C)C)(C(=O)O)C(C)C)c(N2CCC(C)(C)CC2)c1-c1ccc2c(c1)CCN(c1cc(Cl)c(F)cn1)C2. The second kappa shape index (κ2) is 12.4. The molecule has 1 unspecified atom stereocenters. The molecule has 1 fully saturated rings. The largest absolute Gasteiger partial charge is 0.479 e. The number of fused-ring (bicyclic) bond motifs is 1. The summed E-state index contributed by atoms with van der Waals surface area (Å²) in [5.41, 5.74) is 5.34. The van der Waals surface area contributed by atoms with Gasteiger partial charge in [0.05, 0.1) is 22.5 Å². The maximum Gasteiger partial charge on any atom is 0.341 e. The summed E-state index contributed by atoms with van der Waals surface area (Å²) in [7, 11) is 0. The first-order valence-corrected chi connectivity index (χ1v) is 16.7. The van der Waals surface area contributed by atoms with Crippen molar-refractivity contribution in [2.24, 2.45) is 11.3 Å². The number of halogens is 2. The first kappa shape index (κ1) is 34.1. The van der Waals surface area contributed by atoms with Crippen LogP contribution in [0.25, 0.3) is 11.1 Å². The molecule has 5 rings (SSSR count). The standard InChI is InChI=1S/C37H48ClFN4O3/c1-22(2)37(34(44)45,46-35(5,6)7)32-24(4)41-23(3)31(33(32)42-16-13-36(8,9)14-17-42)26-10-11-27-21-43(15-12-25(27)18-26)30-19-28(38)29(39)20-40-30/h10-11,18-20,22H,12-17,21H2,1-9H3,(H,44,45). The molecule has 9 heteroatoms. The van der Waals surface area contributed by atoms with E-state index >= 15 is 0 Å². The van der Waals surface area contributed by atoms with Crippen molar-refractivity contribution in [1.82, 2.24) is 9.97 Å². The van der Waals surface area contributed by atoms with Gasteiger partial charge in [0.15, 0.2) is 11.4 Å². The molecule has 0 bridgehead atoms. The van der Waals surface area contributed by atoms with Gasteiger partial charge in [0, 0.05) is 54.8 Å². The van der Waals surface area contributed by atoms with Crippen LogP contribution in [0, 0.1) is 31.0 Å². The van der Waals surface area contributed by atoms with Crippen molar-refractivity contribution in [3.8, 4) is 11.1 Å². The molecule has 4 heterocycles. The highest BCUT2D eigenvalue weighted by molar-refractivity contribution is 6.30. The zero-order chi connectivity index (χ0) is 33.8. The Labute approximate surface area is 278 Å². The van der Waals surface area contributed by atoms with Gasteiger partial charge in [0.25, 0.3) is 0 Å². The number of ether oxygens (including phenoxy) is 1. The molecule has 7 nitrogen and oxygen atoms in total. The number of anilines is 2. The van der Waals surface area contributed by atoms with E-state index in [0.717, 1.165) is 60.4 Å². The lowest BCUT2D eigenvalue weighted by Gasteiger charge is -2.45. The molecule has 0 saturated carbocycles. The molecular weight excluding hydrogens is 603 g/mol. The number of benzene rings is 1. The molecule has 1 N–H and O–H groups in total. The molecule has 1 atom stereocenters. The molecule has 46 heavy (non-hydrogen) atoms. The normalized spacial score (nSPS) is 18.0. The Hall–Kier alpha value is -3.23. The number of aromatic nitrogens is 2. The summed E-state index contributed by atoms with van der Waals surface area (Å²) in [6.07, 6.45) is 3.93. The average molecular weight is 651 g/mol. The lowest BCUT2D eigenvalue weighted by molar-refractivity contribution is -0.199. The molecule has 0 radical (unpaired) electrons. The van der Waals surface area contributed by atoms with Gasteiger partial charge in [0.2, 0.25) is 0 Å². The Morgan fingerprint density at radius 2 is 1.72 bits per heavy atom. The third-order valence-corrected chi connectivity index (χ3v) is 9.85. The molecule has 2 aliphatic heterocycles. The van der Waals surface area contributed by atoms with Crippen molar-refractivity contribution in [2.45, 2.75) is 99.3 Å². The second-order valence-electron chi connectivity index (χ2n) is 15.1. The fourth-order valence-corrected chi connectivity index (χ4v) is 7.24. The van der Waals surface area contributed by atoms with Gasteiger partial charge in [-0.15, -0.1) is 0 Å². The highest BCUT2D eigenvalue weighted by Gasteiger charge is 2.52. The number of pyridine rings is 2. The van der Waals surface area contributed by atoms with Gasteiger partial charge in [-0.05, 0) is 81.9 Å². The van der Waals surface area contributed by atoms with Crippen molar-refractivity contribution in [3.05, 3.63) is 69.4 Å². The number of carboxylic acid groups (broad SMARTS) is 1. The summed E-state index contributed by atoms with van der Waals surface area (Å²) >= 11 is 6.06. The molecule has 0 amide bonds. The molecule has 2 aromatic heterocycles. The Morgan fingerprint density at radius 3 is 2.30 bits per heavy atom. The van der Waals surface area contributed by atoms with Crippen LogP contribution in [0.5, 0.6) is 0 Å². The van der Waals surface area contributed by atoms with Crippen LogP contribution in [-0.4, -0.2) is 46.3 Å². The number of piperidine rings is 1. The highest BCUT2D eigenvalue weighted by atomic mass is 35.5. The van der Waals surface area contributed by atoms with Gasteiger partial charge in [0.1, 0.15) is 5.82 Å². The van der Waals surface area contributed by atoms with E-state index in [1.54, 1.807) is 6.07 Å². The van der Waals surface area contributed by atoms with Crippen LogP contribution in [0.3, 0.4) is 0 Å². The van der Waals surface area contributed by atoms with Crippen molar-refractivity contribution >= 4 is 29.1 Å². The minimum absolute atomic E-state index is 0.0622. The molecule has 3 aromatic rings. The minimum Gasteiger partial charge on any atom is -0.479 e. The maximum atomic E-state index is 13.8. The highest BCUT2D eigenvalue weighted by Crippen LogP contribution is 2.50. The summed E-state index contributed by atoms with van der Waals surface area (Å²) in [6, 6.07) is 8.08. The summed E-state index contributed by atoms with van der Waals surface area (Å²) in [5, 5.41) is 11.1. The number of aliphatic carboxylic acids is 1. The molecule has 1 aromatic carbocycles. The summed E-state index contributed by atoms with van der Waals surface area (Å²) in [6.45, 7) is 21.1. The van der Waals surface area contributed by atoms with Gasteiger partial charge in [-0.1, -0.05) is 57.5 Å². The number of rotatable bonds is 7. The number of hydrogen-bond acceptors (Lipinski definition) is 6. The molecular formula is C37H48ClFN4O3. The second-order valence-corrected chi connectivity index (χ2v) is 15.5. The predicted octanol–water partition coefficient (Wildman–Crippen LogP) is 8.49. The van der Waals surface area contributed by atoms with E-state index in [4.69, 9.17) is 21.3 Å². The van der Waals surface area contributed by atoms with Crippen LogP contribution in [0.4, 0.5) is 15.9 Å². The summed E-state index contributed by atoms with van der Waals surface area (Å²) < 4.78 is 20.5. The van der Waals surface area contributed by atoms with Crippen LogP contribution in [0.15, 0.2) is 30.5 Å². The van der Waals surface area contributed by atoms with E-state index in [1.165, 1.54) is 11.8 Å². The topological polar surface area (TPSA) is 78.8 Å². The smallest absolute Gasteiger partial charge is 0.341 e. The third-order valence-electron chi connectivity index (χ3n) is 9.56. The Bertz CT molecular complexity index is 1640. The van der Waals surface area contributed by atoms with E-state index in [9.17, 15) is 14.3 Å². The predicted molar refractivity (Wildman–Crippen MR) is 183 cm³/mol. The van der Waals surface area contributed by atoms with Crippen molar-refractivity contribution in [3.63, 3.8) is 0 Å². The third kappa shape index (κ3) is 6.48. The number of carbonyl (C=O) groups is 1. The number of nitrogens with zero attached hydrogens (tertiary/aromatic N) is 4. The van der Waals surface area contributed by atoms with E-state index in [2.05, 4.69) is 46.8 Å². The zero-order valence-electron chi connectivity index (χ0n) is 28.7. The molecule has 0 spiro atoms. The van der Waals surface area contributed by atoms with Gasteiger partial charge in [-0.3, -0.25) is 4.98 Å². The van der Waals surface area contributed by atoms with Crippen LogP contribution in [-0.2, 0) is 28.1 Å². The fourth-order valence-electron chi connectivity index (χ4n) is 7.09. The molecule has 248 valence electrons. The maximum absolute atomic E-state index is 13.8. The van der Waals surface area contributed by atoms with E-state index < -0.39 is 23.0 Å². The summed E-state index contributed by atoms with van der Waals surface area (Å²) in [4.78, 5) is 27.3. The minimum atomic E-state index is -1.61. The van der Waals surface area contributed by atoms with E-state index in [1.807, 2.05) is 48.5 Å². The molecule has 1 saturated heterocycles. The monoisotopic (exact) mass is 650 g/mol. The van der Waals surface area contributed by atoms with Gasteiger partial charge >= 0.3 is 5.97 Å². The van der Waals surface area contributed by atoms with Crippen LogP contribution in [0.2, 0.25) is 5.02 Å². The van der Waals surface area contributed by atoms with Crippen LogP contribution >= 0.6 is 11.6 Å². The lowest BCUT2D eigenvalue weighted by Crippen LogP contribution is -2.50. The molecule has 2 aliphatic rings. The van der Waals surface area contributed by atoms with Crippen molar-refractivity contribution < 1.29 is 19.0 Å². The van der Waals surface area contributed by atoms with Crippen LogP contribution in [0.1, 0.15) is 89.4 Å². The number of hydrogen-bond donors (Lipinski definition) is 1. The fraction of sp³-hybridized carbons (Fsp3) is 0.541. The van der Waals surface area contributed by atoms with E-state index in [-0.39, 0.29) is 16.4 Å². The van der Waals surface area contributed by atoms with Crippen LogP contribution < -0.4 is 9.80 Å². The summed E-state index contributed by atoms with van der Waals surface area (Å²) in [5.74, 6) is -1.25. The van der Waals surface area contributed by atoms with Gasteiger partial charge in [-0.25, -0.2) is 14.2 Å². The average Bonchev–Trinajstić information content (AvgIpc) is 2.96. The first-order chi connectivity index (χ1) is 21.4.